The first-order chi connectivity index (χ1) is 13.2. The second-order valence-corrected chi connectivity index (χ2v) is 6.96. The Bertz CT molecular complexity index is 820. The highest BCUT2D eigenvalue weighted by Crippen LogP contribution is 2.39. The van der Waals surface area contributed by atoms with Crippen molar-refractivity contribution < 1.29 is 24.1 Å². The molecule has 2 aliphatic rings. The first kappa shape index (κ1) is 17.7. The minimum absolute atomic E-state index is 0.0486. The summed E-state index contributed by atoms with van der Waals surface area (Å²) in [5.74, 6) is 1.21. The number of rotatable bonds is 5. The molecular weight excluding hydrogens is 346 g/mol. The van der Waals surface area contributed by atoms with Crippen molar-refractivity contribution in [1.82, 2.24) is 4.90 Å². The van der Waals surface area contributed by atoms with Crippen molar-refractivity contribution in [2.75, 3.05) is 27.0 Å². The standard InChI is InChI=1S/C21H23NO5/c1-25-17-7-4-14(5-8-17)20(22-10-2-3-16(12-22)21(23)24)15-6-9-18-19(11-15)27-13-26-18/h4-9,11,16,20H,2-3,10,12-13H2,1H3,(H,23,24). The maximum Gasteiger partial charge on any atom is 0.307 e. The van der Waals surface area contributed by atoms with Crippen molar-refractivity contribution >= 4 is 5.97 Å². The lowest BCUT2D eigenvalue weighted by molar-refractivity contribution is -0.143. The smallest absolute Gasteiger partial charge is 0.307 e. The number of aliphatic carboxylic acids is 1. The average molecular weight is 369 g/mol. The Morgan fingerprint density at radius 1 is 1.15 bits per heavy atom. The number of likely N-dealkylation sites (tertiary alicyclic amines) is 1. The summed E-state index contributed by atoms with van der Waals surface area (Å²) < 4.78 is 16.3. The minimum Gasteiger partial charge on any atom is -0.497 e. The van der Waals surface area contributed by atoms with E-state index in [0.29, 0.717) is 6.54 Å². The lowest BCUT2D eigenvalue weighted by Crippen LogP contribution is -2.41. The molecule has 2 atom stereocenters. The Hall–Kier alpha value is -2.73. The molecule has 0 spiro atoms. The van der Waals surface area contributed by atoms with E-state index in [2.05, 4.69) is 4.90 Å². The van der Waals surface area contributed by atoms with Gasteiger partial charge in [0, 0.05) is 6.54 Å². The van der Waals surface area contributed by atoms with Crippen molar-refractivity contribution in [1.29, 1.82) is 0 Å². The van der Waals surface area contributed by atoms with Gasteiger partial charge in [-0.3, -0.25) is 9.69 Å². The Morgan fingerprint density at radius 2 is 1.89 bits per heavy atom. The van der Waals surface area contributed by atoms with Gasteiger partial charge in [-0.1, -0.05) is 18.2 Å². The summed E-state index contributed by atoms with van der Waals surface area (Å²) in [7, 11) is 1.65. The largest absolute Gasteiger partial charge is 0.497 e. The van der Waals surface area contributed by atoms with Gasteiger partial charge in [0.1, 0.15) is 5.75 Å². The van der Waals surface area contributed by atoms with Crippen molar-refractivity contribution in [3.63, 3.8) is 0 Å². The molecule has 27 heavy (non-hydrogen) atoms. The highest BCUT2D eigenvalue weighted by molar-refractivity contribution is 5.70. The number of ether oxygens (including phenoxy) is 3. The van der Waals surface area contributed by atoms with Gasteiger partial charge < -0.3 is 19.3 Å². The molecule has 0 bridgehead atoms. The Labute approximate surface area is 158 Å². The van der Waals surface area contributed by atoms with E-state index in [1.807, 2.05) is 42.5 Å². The summed E-state index contributed by atoms with van der Waals surface area (Å²) in [5, 5.41) is 9.49. The number of benzene rings is 2. The number of piperidine rings is 1. The fraction of sp³-hybridized carbons (Fsp3) is 0.381. The number of carboxylic acids is 1. The van der Waals surface area contributed by atoms with E-state index in [-0.39, 0.29) is 18.8 Å². The van der Waals surface area contributed by atoms with Crippen LogP contribution < -0.4 is 14.2 Å². The monoisotopic (exact) mass is 369 g/mol. The number of methoxy groups -OCH3 is 1. The van der Waals surface area contributed by atoms with Crippen LogP contribution in [0, 0.1) is 5.92 Å². The molecule has 1 fully saturated rings. The zero-order valence-electron chi connectivity index (χ0n) is 15.3. The average Bonchev–Trinajstić information content (AvgIpc) is 3.17. The summed E-state index contributed by atoms with van der Waals surface area (Å²) >= 11 is 0. The molecule has 1 saturated heterocycles. The van der Waals surface area contributed by atoms with Gasteiger partial charge in [0.05, 0.1) is 19.1 Å². The summed E-state index contributed by atoms with van der Waals surface area (Å²) in [5.41, 5.74) is 2.16. The van der Waals surface area contributed by atoms with E-state index < -0.39 is 5.97 Å². The van der Waals surface area contributed by atoms with Crippen LogP contribution in [0.4, 0.5) is 0 Å². The molecule has 142 valence electrons. The third kappa shape index (κ3) is 3.57. The summed E-state index contributed by atoms with van der Waals surface area (Å²) in [6.07, 6.45) is 1.59. The molecule has 2 unspecified atom stereocenters. The van der Waals surface area contributed by atoms with E-state index in [0.717, 1.165) is 47.8 Å². The molecule has 2 aliphatic heterocycles. The highest BCUT2D eigenvalue weighted by atomic mass is 16.7. The van der Waals surface area contributed by atoms with Crippen molar-refractivity contribution in [2.45, 2.75) is 18.9 Å². The molecular formula is C21H23NO5. The number of hydrogen-bond donors (Lipinski definition) is 1. The molecule has 0 radical (unpaired) electrons. The molecule has 6 heteroatoms. The minimum atomic E-state index is -0.723. The van der Waals surface area contributed by atoms with Crippen LogP contribution in [0.5, 0.6) is 17.2 Å². The van der Waals surface area contributed by atoms with Gasteiger partial charge in [-0.05, 0) is 54.8 Å². The fourth-order valence-electron chi connectivity index (χ4n) is 3.93. The molecule has 2 heterocycles. The number of carbonyl (C=O) groups is 1. The van der Waals surface area contributed by atoms with E-state index >= 15 is 0 Å². The Kier molecular flexibility index (Phi) is 4.90. The predicted octanol–water partition coefficient (Wildman–Crippen LogP) is 3.31. The normalized spacial score (nSPS) is 20.3. The SMILES string of the molecule is COc1ccc(C(c2ccc3c(c2)OCO3)N2CCCC(C(=O)O)C2)cc1. The molecule has 2 aromatic carbocycles. The molecule has 0 aliphatic carbocycles. The van der Waals surface area contributed by atoms with Gasteiger partial charge in [0.25, 0.3) is 0 Å². The van der Waals surface area contributed by atoms with Crippen LogP contribution in [0.1, 0.15) is 30.0 Å². The molecule has 0 saturated carbocycles. The zero-order chi connectivity index (χ0) is 18.8. The Morgan fingerprint density at radius 3 is 2.63 bits per heavy atom. The molecule has 1 N–H and O–H groups in total. The molecule has 2 aromatic rings. The van der Waals surface area contributed by atoms with Crippen molar-refractivity contribution in [3.8, 4) is 17.2 Å². The maximum absolute atomic E-state index is 11.6. The van der Waals surface area contributed by atoms with Gasteiger partial charge in [0.2, 0.25) is 6.79 Å². The van der Waals surface area contributed by atoms with Crippen LogP contribution in [0.3, 0.4) is 0 Å². The first-order valence-electron chi connectivity index (χ1n) is 9.16. The van der Waals surface area contributed by atoms with Gasteiger partial charge in [0.15, 0.2) is 11.5 Å². The van der Waals surface area contributed by atoms with Crippen molar-refractivity contribution in [3.05, 3.63) is 53.6 Å². The highest BCUT2D eigenvalue weighted by Gasteiger charge is 2.32. The molecule has 0 amide bonds. The van der Waals surface area contributed by atoms with Gasteiger partial charge in [-0.15, -0.1) is 0 Å². The maximum atomic E-state index is 11.6. The lowest BCUT2D eigenvalue weighted by Gasteiger charge is -2.37. The van der Waals surface area contributed by atoms with Crippen LogP contribution in [-0.4, -0.2) is 43.0 Å². The topological polar surface area (TPSA) is 68.2 Å². The Balaban J connectivity index is 1.71. The van der Waals surface area contributed by atoms with Gasteiger partial charge >= 0.3 is 5.97 Å². The summed E-state index contributed by atoms with van der Waals surface area (Å²) in [4.78, 5) is 13.8. The van der Waals surface area contributed by atoms with Crippen LogP contribution >= 0.6 is 0 Å². The van der Waals surface area contributed by atoms with E-state index in [4.69, 9.17) is 14.2 Å². The van der Waals surface area contributed by atoms with Crippen molar-refractivity contribution in [2.24, 2.45) is 5.92 Å². The van der Waals surface area contributed by atoms with E-state index in [1.54, 1.807) is 7.11 Å². The number of fused-ring (bicyclic) bond motifs is 1. The zero-order valence-corrected chi connectivity index (χ0v) is 15.3. The first-order valence-corrected chi connectivity index (χ1v) is 9.16. The third-order valence-corrected chi connectivity index (χ3v) is 5.31. The van der Waals surface area contributed by atoms with E-state index in [1.165, 1.54) is 0 Å². The van der Waals surface area contributed by atoms with Crippen LogP contribution in [0.15, 0.2) is 42.5 Å². The lowest BCUT2D eigenvalue weighted by atomic mass is 9.91. The summed E-state index contributed by atoms with van der Waals surface area (Å²) in [6, 6.07) is 13.9. The second kappa shape index (κ2) is 7.48. The van der Waals surface area contributed by atoms with E-state index in [9.17, 15) is 9.90 Å². The number of hydrogen-bond acceptors (Lipinski definition) is 5. The van der Waals surface area contributed by atoms with Gasteiger partial charge in [-0.25, -0.2) is 0 Å². The molecule has 4 rings (SSSR count). The van der Waals surface area contributed by atoms with Crippen LogP contribution in [0.2, 0.25) is 0 Å². The molecule has 0 aromatic heterocycles. The summed E-state index contributed by atoms with van der Waals surface area (Å²) in [6.45, 7) is 1.62. The predicted molar refractivity (Wildman–Crippen MR) is 99.3 cm³/mol. The molecule has 6 nitrogen and oxygen atoms in total. The van der Waals surface area contributed by atoms with Crippen LogP contribution in [-0.2, 0) is 4.79 Å². The number of carboxylic acid groups (broad SMARTS) is 1. The van der Waals surface area contributed by atoms with Crippen LogP contribution in [0.25, 0.3) is 0 Å². The fourth-order valence-corrected chi connectivity index (χ4v) is 3.93. The third-order valence-electron chi connectivity index (χ3n) is 5.31. The van der Waals surface area contributed by atoms with Gasteiger partial charge in [-0.2, -0.15) is 0 Å². The second-order valence-electron chi connectivity index (χ2n) is 6.96. The number of nitrogens with zero attached hydrogens (tertiary/aromatic N) is 1. The quantitative estimate of drug-likeness (QED) is 0.872.